The third-order valence-corrected chi connectivity index (χ3v) is 4.29. The van der Waals surface area contributed by atoms with Crippen LogP contribution in [0.25, 0.3) is 0 Å². The van der Waals surface area contributed by atoms with Gasteiger partial charge in [-0.3, -0.25) is 0 Å². The van der Waals surface area contributed by atoms with Crippen LogP contribution in [0, 0.1) is 0 Å². The molecular weight excluding hydrogens is 272 g/mol. The predicted molar refractivity (Wildman–Crippen MR) is 67.8 cm³/mol. The van der Waals surface area contributed by atoms with Crippen LogP contribution in [0.4, 0.5) is 0 Å². The van der Waals surface area contributed by atoms with Gasteiger partial charge in [0.05, 0.1) is 17.3 Å². The maximum Gasteiger partial charge on any atom is 0.0962 e. The summed E-state index contributed by atoms with van der Waals surface area (Å²) in [7, 11) is 0. The lowest BCUT2D eigenvalue weighted by atomic mass is 9.91. The third kappa shape index (κ3) is 3.06. The summed E-state index contributed by atoms with van der Waals surface area (Å²) < 4.78 is 5.91. The van der Waals surface area contributed by atoms with Gasteiger partial charge in [-0.25, -0.2) is 0 Å². The monoisotopic (exact) mass is 292 g/mol. The van der Waals surface area contributed by atoms with E-state index in [1.807, 2.05) is 6.08 Å². The number of alkyl halides is 1. The van der Waals surface area contributed by atoms with E-state index in [1.165, 1.54) is 0 Å². The van der Waals surface area contributed by atoms with Crippen LogP contribution in [0.2, 0.25) is 0 Å². The van der Waals surface area contributed by atoms with Gasteiger partial charge in [0.2, 0.25) is 0 Å². The van der Waals surface area contributed by atoms with Crippen molar-refractivity contribution in [3.05, 3.63) is 12.7 Å². The summed E-state index contributed by atoms with van der Waals surface area (Å²) in [5.41, 5.74) is -1.20. The van der Waals surface area contributed by atoms with E-state index in [2.05, 4.69) is 22.5 Å². The van der Waals surface area contributed by atoms with Gasteiger partial charge in [0, 0.05) is 11.9 Å². The summed E-state index contributed by atoms with van der Waals surface area (Å²) in [6.45, 7) is 5.67. The Balaban J connectivity index is 2.60. The van der Waals surface area contributed by atoms with Gasteiger partial charge in [0.1, 0.15) is 0 Å². The summed E-state index contributed by atoms with van der Waals surface area (Å²) in [4.78, 5) is 0. The molecule has 94 valence electrons. The average Bonchev–Trinajstić information content (AvgIpc) is 2.72. The third-order valence-electron chi connectivity index (χ3n) is 3.34. The molecular formula is C12H21BrO3. The highest BCUT2D eigenvalue weighted by Crippen LogP contribution is 2.38. The Morgan fingerprint density at radius 2 is 2.38 bits per heavy atom. The SMILES string of the molecule is C=CC1(CBr)CCC(C(C)(O)CCCO)O1. The Labute approximate surface area is 106 Å². The summed E-state index contributed by atoms with van der Waals surface area (Å²) in [5, 5.41) is 19.8. The molecule has 0 saturated carbocycles. The van der Waals surface area contributed by atoms with E-state index in [9.17, 15) is 5.11 Å². The first-order valence-electron chi connectivity index (χ1n) is 5.70. The molecule has 0 aromatic carbocycles. The lowest BCUT2D eigenvalue weighted by Gasteiger charge is -2.32. The van der Waals surface area contributed by atoms with E-state index in [0.717, 1.165) is 12.8 Å². The van der Waals surface area contributed by atoms with Gasteiger partial charge in [0.25, 0.3) is 0 Å². The number of aliphatic hydroxyl groups is 2. The van der Waals surface area contributed by atoms with E-state index in [-0.39, 0.29) is 18.3 Å². The molecule has 1 aliphatic heterocycles. The molecule has 1 fully saturated rings. The Morgan fingerprint density at radius 1 is 1.69 bits per heavy atom. The lowest BCUT2D eigenvalue weighted by Crippen LogP contribution is -2.41. The molecule has 3 unspecified atom stereocenters. The zero-order chi connectivity index (χ0) is 12.2. The van der Waals surface area contributed by atoms with Gasteiger partial charge >= 0.3 is 0 Å². The highest BCUT2D eigenvalue weighted by Gasteiger charge is 2.44. The van der Waals surface area contributed by atoms with E-state index in [4.69, 9.17) is 9.84 Å². The van der Waals surface area contributed by atoms with Gasteiger partial charge in [-0.1, -0.05) is 22.0 Å². The predicted octanol–water partition coefficient (Wildman–Crippen LogP) is 2.01. The molecule has 4 heteroatoms. The highest BCUT2D eigenvalue weighted by molar-refractivity contribution is 9.09. The van der Waals surface area contributed by atoms with Crippen LogP contribution in [0.3, 0.4) is 0 Å². The van der Waals surface area contributed by atoms with Crippen molar-refractivity contribution in [2.24, 2.45) is 0 Å². The molecule has 1 heterocycles. The van der Waals surface area contributed by atoms with Gasteiger partial charge in [-0.05, 0) is 32.6 Å². The van der Waals surface area contributed by atoms with E-state index >= 15 is 0 Å². The first-order valence-corrected chi connectivity index (χ1v) is 6.82. The van der Waals surface area contributed by atoms with Gasteiger partial charge < -0.3 is 14.9 Å². The van der Waals surface area contributed by atoms with E-state index < -0.39 is 5.60 Å². The minimum Gasteiger partial charge on any atom is -0.396 e. The molecule has 1 saturated heterocycles. The minimum absolute atomic E-state index is 0.105. The van der Waals surface area contributed by atoms with Crippen molar-refractivity contribution >= 4 is 15.9 Å². The first-order chi connectivity index (χ1) is 7.49. The quantitative estimate of drug-likeness (QED) is 0.582. The number of ether oxygens (including phenoxy) is 1. The van der Waals surface area contributed by atoms with Crippen LogP contribution in [-0.4, -0.2) is 39.5 Å². The van der Waals surface area contributed by atoms with E-state index in [1.54, 1.807) is 6.92 Å². The van der Waals surface area contributed by atoms with Crippen molar-refractivity contribution in [2.45, 2.75) is 49.9 Å². The molecule has 3 atom stereocenters. The number of hydrogen-bond donors (Lipinski definition) is 2. The molecule has 0 aliphatic carbocycles. The molecule has 1 aliphatic rings. The smallest absolute Gasteiger partial charge is 0.0962 e. The molecule has 0 radical (unpaired) electrons. The molecule has 0 spiro atoms. The summed E-state index contributed by atoms with van der Waals surface area (Å²) >= 11 is 3.42. The molecule has 3 nitrogen and oxygen atoms in total. The normalized spacial score (nSPS) is 33.6. The molecule has 1 rings (SSSR count). The lowest BCUT2D eigenvalue weighted by molar-refractivity contribution is -0.112. The molecule has 0 aromatic rings. The maximum absolute atomic E-state index is 10.3. The fraction of sp³-hybridized carbons (Fsp3) is 0.833. The average molecular weight is 293 g/mol. The molecule has 0 aromatic heterocycles. The van der Waals surface area contributed by atoms with Crippen LogP contribution in [0.5, 0.6) is 0 Å². The molecule has 2 N–H and O–H groups in total. The number of halogens is 1. The fourth-order valence-electron chi connectivity index (χ4n) is 2.12. The standard InChI is InChI=1S/C12H21BrO3/c1-3-12(9-13)7-5-10(16-12)11(2,15)6-4-8-14/h3,10,14-15H,1,4-9H2,2H3. The Bertz CT molecular complexity index is 242. The second kappa shape index (κ2) is 5.63. The highest BCUT2D eigenvalue weighted by atomic mass is 79.9. The van der Waals surface area contributed by atoms with Gasteiger partial charge in [-0.15, -0.1) is 6.58 Å². The Hall–Kier alpha value is 0.1000. The second-order valence-corrected chi connectivity index (χ2v) is 5.29. The fourth-order valence-corrected chi connectivity index (χ4v) is 2.76. The molecule has 16 heavy (non-hydrogen) atoms. The minimum atomic E-state index is -0.865. The topological polar surface area (TPSA) is 49.7 Å². The van der Waals surface area contributed by atoms with Crippen LogP contribution in [0.1, 0.15) is 32.6 Å². The zero-order valence-electron chi connectivity index (χ0n) is 9.79. The van der Waals surface area contributed by atoms with Crippen LogP contribution in [0.15, 0.2) is 12.7 Å². The summed E-state index contributed by atoms with van der Waals surface area (Å²) in [5.74, 6) is 0. The summed E-state index contributed by atoms with van der Waals surface area (Å²) in [6.07, 6.45) is 4.50. The van der Waals surface area contributed by atoms with Crippen LogP contribution in [-0.2, 0) is 4.74 Å². The number of hydrogen-bond acceptors (Lipinski definition) is 3. The van der Waals surface area contributed by atoms with Crippen molar-refractivity contribution in [3.63, 3.8) is 0 Å². The molecule has 0 amide bonds. The van der Waals surface area contributed by atoms with Crippen LogP contribution >= 0.6 is 15.9 Å². The maximum atomic E-state index is 10.3. The van der Waals surface area contributed by atoms with Crippen molar-refractivity contribution in [3.8, 4) is 0 Å². The Morgan fingerprint density at radius 3 is 2.81 bits per heavy atom. The number of aliphatic hydroxyl groups excluding tert-OH is 1. The largest absolute Gasteiger partial charge is 0.396 e. The van der Waals surface area contributed by atoms with Crippen molar-refractivity contribution in [1.82, 2.24) is 0 Å². The van der Waals surface area contributed by atoms with Gasteiger partial charge in [-0.2, -0.15) is 0 Å². The summed E-state index contributed by atoms with van der Waals surface area (Å²) in [6, 6.07) is 0. The first kappa shape index (κ1) is 14.2. The Kier molecular flexibility index (Phi) is 4.98. The van der Waals surface area contributed by atoms with Gasteiger partial charge in [0.15, 0.2) is 0 Å². The van der Waals surface area contributed by atoms with E-state index in [0.29, 0.717) is 18.2 Å². The number of rotatable bonds is 6. The van der Waals surface area contributed by atoms with Crippen molar-refractivity contribution < 1.29 is 14.9 Å². The van der Waals surface area contributed by atoms with Crippen LogP contribution < -0.4 is 0 Å². The van der Waals surface area contributed by atoms with Crippen molar-refractivity contribution in [2.75, 3.05) is 11.9 Å². The molecule has 0 bridgehead atoms. The zero-order valence-corrected chi connectivity index (χ0v) is 11.4. The van der Waals surface area contributed by atoms with Crippen molar-refractivity contribution in [1.29, 1.82) is 0 Å². The second-order valence-electron chi connectivity index (χ2n) is 4.73.